The number of anilines is 1. The van der Waals surface area contributed by atoms with Crippen LogP contribution in [-0.2, 0) is 6.54 Å². The van der Waals surface area contributed by atoms with Crippen molar-refractivity contribution in [2.24, 2.45) is 0 Å². The Bertz CT molecular complexity index is 478. The normalized spacial score (nSPS) is 12.4. The summed E-state index contributed by atoms with van der Waals surface area (Å²) in [5.41, 5.74) is 1.84. The van der Waals surface area contributed by atoms with E-state index in [-0.39, 0.29) is 6.04 Å². The van der Waals surface area contributed by atoms with Crippen LogP contribution in [0.5, 0.6) is 0 Å². The summed E-state index contributed by atoms with van der Waals surface area (Å²) in [7, 11) is 0. The highest BCUT2D eigenvalue weighted by molar-refractivity contribution is 5.40. The summed E-state index contributed by atoms with van der Waals surface area (Å²) in [4.78, 5) is 8.72. The van der Waals surface area contributed by atoms with Gasteiger partial charge >= 0.3 is 0 Å². The molecule has 2 heterocycles. The zero-order chi connectivity index (χ0) is 12.3. The van der Waals surface area contributed by atoms with Crippen LogP contribution in [0, 0.1) is 13.8 Å². The molecule has 0 aliphatic rings. The Morgan fingerprint density at radius 2 is 2.24 bits per heavy atom. The largest absolute Gasteiger partial charge is 0.364 e. The number of hydrogen-bond donors (Lipinski definition) is 1. The Labute approximate surface area is 101 Å². The fraction of sp³-hybridized carbons (Fsp3) is 0.417. The van der Waals surface area contributed by atoms with Gasteiger partial charge in [-0.15, -0.1) is 0 Å². The molecule has 0 amide bonds. The lowest BCUT2D eigenvalue weighted by Gasteiger charge is -2.16. The van der Waals surface area contributed by atoms with Gasteiger partial charge < -0.3 is 5.32 Å². The molecule has 0 saturated carbocycles. The second kappa shape index (κ2) is 4.95. The fourth-order valence-electron chi connectivity index (χ4n) is 1.64. The van der Waals surface area contributed by atoms with Crippen LogP contribution in [0.3, 0.4) is 0 Å². The molecule has 5 nitrogen and oxygen atoms in total. The predicted molar refractivity (Wildman–Crippen MR) is 66.8 cm³/mol. The molecule has 0 saturated heterocycles. The molecular weight excluding hydrogens is 214 g/mol. The Balaban J connectivity index is 2.02. The minimum Gasteiger partial charge on any atom is -0.364 e. The maximum atomic E-state index is 4.44. The molecule has 2 aromatic rings. The molecule has 90 valence electrons. The van der Waals surface area contributed by atoms with Gasteiger partial charge in [-0.3, -0.25) is 9.67 Å². The summed E-state index contributed by atoms with van der Waals surface area (Å²) in [5.74, 6) is 0.852. The van der Waals surface area contributed by atoms with Crippen LogP contribution < -0.4 is 5.32 Å². The van der Waals surface area contributed by atoms with Crippen molar-refractivity contribution in [2.45, 2.75) is 33.4 Å². The molecule has 1 N–H and O–H groups in total. The second-order valence-electron chi connectivity index (χ2n) is 4.22. The number of hydrogen-bond acceptors (Lipinski definition) is 4. The number of aromatic nitrogens is 4. The van der Waals surface area contributed by atoms with E-state index in [9.17, 15) is 0 Å². The monoisotopic (exact) mass is 231 g/mol. The molecule has 17 heavy (non-hydrogen) atoms. The lowest BCUT2D eigenvalue weighted by Crippen LogP contribution is -2.23. The van der Waals surface area contributed by atoms with Gasteiger partial charge in [0.25, 0.3) is 0 Å². The number of nitrogens with zero attached hydrogens (tertiary/aromatic N) is 4. The van der Waals surface area contributed by atoms with E-state index in [1.807, 2.05) is 30.8 Å². The van der Waals surface area contributed by atoms with E-state index in [1.165, 1.54) is 0 Å². The summed E-state index contributed by atoms with van der Waals surface area (Å²) in [6, 6.07) is 2.18. The molecular formula is C12H17N5. The van der Waals surface area contributed by atoms with Crippen LogP contribution in [-0.4, -0.2) is 25.8 Å². The van der Waals surface area contributed by atoms with Crippen LogP contribution >= 0.6 is 0 Å². The van der Waals surface area contributed by atoms with E-state index in [1.54, 1.807) is 12.4 Å². The SMILES string of the molecule is Cc1cnc(C)c(NC(C)Cn2cccn2)n1. The van der Waals surface area contributed by atoms with E-state index < -0.39 is 0 Å². The third kappa shape index (κ3) is 3.03. The molecule has 2 aromatic heterocycles. The van der Waals surface area contributed by atoms with Crippen LogP contribution in [0.15, 0.2) is 24.7 Å². The van der Waals surface area contributed by atoms with Gasteiger partial charge in [-0.25, -0.2) is 4.98 Å². The lowest BCUT2D eigenvalue weighted by atomic mass is 10.3. The number of nitrogens with one attached hydrogen (secondary N) is 1. The maximum Gasteiger partial charge on any atom is 0.148 e. The maximum absolute atomic E-state index is 4.44. The van der Waals surface area contributed by atoms with Gasteiger partial charge in [0.1, 0.15) is 5.82 Å². The third-order valence-electron chi connectivity index (χ3n) is 2.48. The minimum absolute atomic E-state index is 0.254. The summed E-state index contributed by atoms with van der Waals surface area (Å²) in [5, 5.41) is 7.53. The molecule has 5 heteroatoms. The summed E-state index contributed by atoms with van der Waals surface area (Å²) < 4.78 is 1.90. The first-order chi connectivity index (χ1) is 8.15. The van der Waals surface area contributed by atoms with Crippen molar-refractivity contribution in [1.82, 2.24) is 19.7 Å². The summed E-state index contributed by atoms with van der Waals surface area (Å²) in [6.45, 7) is 6.80. The van der Waals surface area contributed by atoms with Crippen LogP contribution in [0.1, 0.15) is 18.3 Å². The standard InChI is InChI=1S/C12H17N5/c1-9-7-13-11(3)12(15-9)16-10(2)8-17-6-4-5-14-17/h4-7,10H,8H2,1-3H3,(H,15,16). The van der Waals surface area contributed by atoms with Gasteiger partial charge in [0, 0.05) is 24.6 Å². The highest BCUT2D eigenvalue weighted by atomic mass is 15.3. The Hall–Kier alpha value is -1.91. The van der Waals surface area contributed by atoms with Gasteiger partial charge in [-0.05, 0) is 26.8 Å². The first-order valence-electron chi connectivity index (χ1n) is 5.69. The zero-order valence-corrected chi connectivity index (χ0v) is 10.4. The Morgan fingerprint density at radius 3 is 2.94 bits per heavy atom. The molecule has 0 aromatic carbocycles. The van der Waals surface area contributed by atoms with Crippen molar-refractivity contribution in [3.8, 4) is 0 Å². The quantitative estimate of drug-likeness (QED) is 0.871. The van der Waals surface area contributed by atoms with Gasteiger partial charge in [-0.2, -0.15) is 5.10 Å². The van der Waals surface area contributed by atoms with Gasteiger partial charge in [-0.1, -0.05) is 0 Å². The average Bonchev–Trinajstić information content (AvgIpc) is 2.76. The summed E-state index contributed by atoms with van der Waals surface area (Å²) in [6.07, 6.45) is 5.51. The molecule has 0 fully saturated rings. The Kier molecular flexibility index (Phi) is 3.37. The van der Waals surface area contributed by atoms with E-state index in [2.05, 4.69) is 27.3 Å². The van der Waals surface area contributed by atoms with Crippen molar-refractivity contribution in [3.05, 3.63) is 36.0 Å². The van der Waals surface area contributed by atoms with Crippen LogP contribution in [0.25, 0.3) is 0 Å². The minimum atomic E-state index is 0.254. The molecule has 1 unspecified atom stereocenters. The molecule has 0 radical (unpaired) electrons. The zero-order valence-electron chi connectivity index (χ0n) is 10.4. The third-order valence-corrected chi connectivity index (χ3v) is 2.48. The molecule has 2 rings (SSSR count). The molecule has 0 aliphatic heterocycles. The van der Waals surface area contributed by atoms with Crippen LogP contribution in [0.2, 0.25) is 0 Å². The van der Waals surface area contributed by atoms with Crippen molar-refractivity contribution >= 4 is 5.82 Å². The highest BCUT2D eigenvalue weighted by Gasteiger charge is 2.07. The van der Waals surface area contributed by atoms with E-state index in [4.69, 9.17) is 0 Å². The first-order valence-corrected chi connectivity index (χ1v) is 5.69. The highest BCUT2D eigenvalue weighted by Crippen LogP contribution is 2.10. The predicted octanol–water partition coefficient (Wildman–Crippen LogP) is 1.79. The van der Waals surface area contributed by atoms with Crippen molar-refractivity contribution in [1.29, 1.82) is 0 Å². The molecule has 0 spiro atoms. The summed E-state index contributed by atoms with van der Waals surface area (Å²) >= 11 is 0. The number of aryl methyl sites for hydroxylation is 2. The molecule has 0 aliphatic carbocycles. The fourth-order valence-corrected chi connectivity index (χ4v) is 1.64. The van der Waals surface area contributed by atoms with Crippen molar-refractivity contribution < 1.29 is 0 Å². The van der Waals surface area contributed by atoms with E-state index in [0.717, 1.165) is 23.8 Å². The lowest BCUT2D eigenvalue weighted by molar-refractivity contribution is 0.559. The average molecular weight is 231 g/mol. The Morgan fingerprint density at radius 1 is 1.41 bits per heavy atom. The van der Waals surface area contributed by atoms with Crippen molar-refractivity contribution in [3.63, 3.8) is 0 Å². The number of rotatable bonds is 4. The molecule has 0 bridgehead atoms. The van der Waals surface area contributed by atoms with Gasteiger partial charge in [0.15, 0.2) is 0 Å². The topological polar surface area (TPSA) is 55.6 Å². The van der Waals surface area contributed by atoms with E-state index in [0.29, 0.717) is 0 Å². The molecule has 1 atom stereocenters. The first kappa shape index (κ1) is 11.6. The smallest absolute Gasteiger partial charge is 0.148 e. The van der Waals surface area contributed by atoms with Crippen LogP contribution in [0.4, 0.5) is 5.82 Å². The van der Waals surface area contributed by atoms with Crippen molar-refractivity contribution in [2.75, 3.05) is 5.32 Å². The van der Waals surface area contributed by atoms with Gasteiger partial charge in [0.2, 0.25) is 0 Å². The second-order valence-corrected chi connectivity index (χ2v) is 4.22. The van der Waals surface area contributed by atoms with E-state index >= 15 is 0 Å². The van der Waals surface area contributed by atoms with Gasteiger partial charge in [0.05, 0.1) is 17.9 Å².